The first-order valence-electron chi connectivity index (χ1n) is 12.2. The van der Waals surface area contributed by atoms with Crippen LogP contribution in [0.5, 0.6) is 0 Å². The number of thiophene rings is 1. The van der Waals surface area contributed by atoms with E-state index >= 15 is 0 Å². The lowest BCUT2D eigenvalue weighted by molar-refractivity contribution is -0.159. The maximum Gasteiger partial charge on any atom is 0.414 e. The molecule has 1 aromatic heterocycles. The smallest absolute Gasteiger partial charge is 0.414 e. The number of primary sulfonamides is 1. The van der Waals surface area contributed by atoms with Gasteiger partial charge in [-0.1, -0.05) is 42.5 Å². The Labute approximate surface area is 235 Å². The summed E-state index contributed by atoms with van der Waals surface area (Å²) >= 11 is 1.50. The Balaban J connectivity index is 0.000000663. The zero-order valence-electron chi connectivity index (χ0n) is 21.5. The number of benzene rings is 2. The van der Waals surface area contributed by atoms with Crippen molar-refractivity contribution in [1.82, 2.24) is 5.32 Å². The van der Waals surface area contributed by atoms with Crippen LogP contribution in [0, 0.1) is 0 Å². The standard InChI is InChI=1S/C25H27N3O4S2.C2H2O4/c1-16(17-11-13-19(14-12-17)34(26,31)32)27-15-22(29)28-25-23(20-9-5-6-10-21(20)33-25)24(30)18-7-3-2-4-8-18;3-1(4)2(5)6/h2-4,7-8,11-14,16,27H,5-6,9-10,15H2,1H3,(H,28,29)(H2,26,31,32);(H,3,4)(H,5,6). The number of hydrogen-bond donors (Lipinski definition) is 5. The number of aliphatic carboxylic acids is 2. The van der Waals surface area contributed by atoms with Crippen molar-refractivity contribution in [3.63, 3.8) is 0 Å². The zero-order valence-corrected chi connectivity index (χ0v) is 23.2. The highest BCUT2D eigenvalue weighted by molar-refractivity contribution is 7.89. The molecule has 0 saturated carbocycles. The number of nitrogens with one attached hydrogen (secondary N) is 2. The highest BCUT2D eigenvalue weighted by atomic mass is 32.2. The maximum atomic E-state index is 13.3. The van der Waals surface area contributed by atoms with Gasteiger partial charge in [-0.3, -0.25) is 9.59 Å². The monoisotopic (exact) mass is 587 g/mol. The molecule has 212 valence electrons. The Kier molecular flexibility index (Phi) is 10.3. The topological polar surface area (TPSA) is 193 Å². The molecule has 2 aromatic carbocycles. The van der Waals surface area contributed by atoms with E-state index in [2.05, 4.69) is 10.6 Å². The third-order valence-electron chi connectivity index (χ3n) is 6.15. The molecule has 1 amide bonds. The van der Waals surface area contributed by atoms with Crippen LogP contribution < -0.4 is 15.8 Å². The molecule has 11 nitrogen and oxygen atoms in total. The number of carbonyl (C=O) groups is 4. The van der Waals surface area contributed by atoms with Gasteiger partial charge in [-0.25, -0.2) is 23.1 Å². The van der Waals surface area contributed by atoms with E-state index in [9.17, 15) is 18.0 Å². The van der Waals surface area contributed by atoms with E-state index < -0.39 is 22.0 Å². The molecule has 0 bridgehead atoms. The third-order valence-corrected chi connectivity index (χ3v) is 8.28. The summed E-state index contributed by atoms with van der Waals surface area (Å²) in [6.45, 7) is 1.92. The number of ketones is 1. The Morgan fingerprint density at radius 2 is 1.55 bits per heavy atom. The molecule has 4 rings (SSSR count). The van der Waals surface area contributed by atoms with Crippen LogP contribution in [0.2, 0.25) is 0 Å². The molecular formula is C27H29N3O8S2. The Morgan fingerprint density at radius 1 is 0.950 bits per heavy atom. The van der Waals surface area contributed by atoms with Gasteiger partial charge in [0, 0.05) is 16.5 Å². The molecule has 1 heterocycles. The van der Waals surface area contributed by atoms with Crippen molar-refractivity contribution in [2.24, 2.45) is 5.14 Å². The van der Waals surface area contributed by atoms with Crippen LogP contribution in [0.3, 0.4) is 0 Å². The minimum atomic E-state index is -3.75. The second-order valence-electron chi connectivity index (χ2n) is 8.99. The molecule has 1 aliphatic carbocycles. The normalized spacial score (nSPS) is 13.2. The first-order chi connectivity index (χ1) is 18.9. The van der Waals surface area contributed by atoms with Gasteiger partial charge in [0.2, 0.25) is 15.9 Å². The van der Waals surface area contributed by atoms with Crippen LogP contribution in [0.25, 0.3) is 0 Å². The summed E-state index contributed by atoms with van der Waals surface area (Å²) < 4.78 is 22.9. The number of aryl methyl sites for hydroxylation is 1. The lowest BCUT2D eigenvalue weighted by Crippen LogP contribution is -2.30. The summed E-state index contributed by atoms with van der Waals surface area (Å²) in [7, 11) is -3.75. The van der Waals surface area contributed by atoms with Gasteiger partial charge >= 0.3 is 11.9 Å². The van der Waals surface area contributed by atoms with Gasteiger partial charge in [0.25, 0.3) is 0 Å². The number of anilines is 1. The summed E-state index contributed by atoms with van der Waals surface area (Å²) in [5, 5.41) is 26.6. The van der Waals surface area contributed by atoms with Crippen LogP contribution in [0.4, 0.5) is 5.00 Å². The van der Waals surface area contributed by atoms with Gasteiger partial charge in [0.1, 0.15) is 5.00 Å². The molecular weight excluding hydrogens is 558 g/mol. The minimum Gasteiger partial charge on any atom is -0.473 e. The van der Waals surface area contributed by atoms with E-state index in [1.807, 2.05) is 25.1 Å². The molecule has 40 heavy (non-hydrogen) atoms. The number of hydrogen-bond acceptors (Lipinski definition) is 8. The first-order valence-corrected chi connectivity index (χ1v) is 14.6. The second-order valence-corrected chi connectivity index (χ2v) is 11.7. The maximum absolute atomic E-state index is 13.3. The Hall–Kier alpha value is -3.91. The molecule has 13 heteroatoms. The molecule has 1 aliphatic rings. The van der Waals surface area contributed by atoms with Gasteiger partial charge in [-0.05, 0) is 55.9 Å². The van der Waals surface area contributed by atoms with Crippen molar-refractivity contribution in [1.29, 1.82) is 0 Å². The van der Waals surface area contributed by atoms with E-state index in [0.717, 1.165) is 36.8 Å². The Bertz CT molecular complexity index is 1490. The SMILES string of the molecule is CC(NCC(=O)Nc1sc2c(c1C(=O)c1ccccc1)CCCC2)c1ccc(S(N)(=O)=O)cc1.O=C(O)C(=O)O. The molecule has 1 unspecified atom stereocenters. The molecule has 0 aliphatic heterocycles. The van der Waals surface area contributed by atoms with Crippen molar-refractivity contribution in [2.75, 3.05) is 11.9 Å². The van der Waals surface area contributed by atoms with Gasteiger partial charge in [-0.2, -0.15) is 0 Å². The number of fused-ring (bicyclic) bond motifs is 1. The summed E-state index contributed by atoms with van der Waals surface area (Å²) in [6, 6.07) is 15.2. The van der Waals surface area contributed by atoms with Crippen molar-refractivity contribution >= 4 is 50.0 Å². The summed E-state index contributed by atoms with van der Waals surface area (Å²) in [5.74, 6) is -3.95. The van der Waals surface area contributed by atoms with Crippen LogP contribution in [-0.4, -0.2) is 48.8 Å². The fourth-order valence-electron chi connectivity index (χ4n) is 4.11. The quantitative estimate of drug-likeness (QED) is 0.195. The number of carboxylic acid groups (broad SMARTS) is 2. The number of carboxylic acids is 2. The molecule has 3 aromatic rings. The van der Waals surface area contributed by atoms with Crippen molar-refractivity contribution in [3.05, 3.63) is 81.7 Å². The summed E-state index contributed by atoms with van der Waals surface area (Å²) in [6.07, 6.45) is 3.90. The van der Waals surface area contributed by atoms with E-state index in [0.29, 0.717) is 16.1 Å². The number of nitrogens with two attached hydrogens (primary N) is 1. The minimum absolute atomic E-state index is 0.0402. The van der Waals surface area contributed by atoms with Crippen molar-refractivity contribution in [2.45, 2.75) is 43.5 Å². The highest BCUT2D eigenvalue weighted by Gasteiger charge is 2.27. The fourth-order valence-corrected chi connectivity index (χ4v) is 5.93. The molecule has 0 radical (unpaired) electrons. The molecule has 6 N–H and O–H groups in total. The lowest BCUT2D eigenvalue weighted by atomic mass is 9.92. The van der Waals surface area contributed by atoms with Gasteiger partial charge < -0.3 is 20.8 Å². The average molecular weight is 588 g/mol. The number of sulfonamides is 1. The fraction of sp³-hybridized carbons (Fsp3) is 0.259. The molecule has 1 atom stereocenters. The van der Waals surface area contributed by atoms with Crippen LogP contribution in [-0.2, 0) is 37.2 Å². The third kappa shape index (κ3) is 8.05. The van der Waals surface area contributed by atoms with Gasteiger partial charge in [-0.15, -0.1) is 11.3 Å². The number of carbonyl (C=O) groups excluding carboxylic acids is 2. The second kappa shape index (κ2) is 13.4. The predicted octanol–water partition coefficient (Wildman–Crippen LogP) is 2.95. The summed E-state index contributed by atoms with van der Waals surface area (Å²) in [5.41, 5.74) is 3.12. The van der Waals surface area contributed by atoms with Crippen molar-refractivity contribution < 1.29 is 37.8 Å². The van der Waals surface area contributed by atoms with E-state index in [-0.39, 0.29) is 29.2 Å². The van der Waals surface area contributed by atoms with E-state index in [1.54, 1.807) is 24.3 Å². The van der Waals surface area contributed by atoms with E-state index in [1.165, 1.54) is 28.3 Å². The summed E-state index contributed by atoms with van der Waals surface area (Å²) in [4.78, 5) is 45.5. The van der Waals surface area contributed by atoms with Crippen molar-refractivity contribution in [3.8, 4) is 0 Å². The largest absolute Gasteiger partial charge is 0.473 e. The lowest BCUT2D eigenvalue weighted by Gasteiger charge is -2.15. The number of amides is 1. The van der Waals surface area contributed by atoms with Crippen LogP contribution >= 0.6 is 11.3 Å². The van der Waals surface area contributed by atoms with Gasteiger partial charge in [0.05, 0.1) is 17.0 Å². The zero-order chi connectivity index (χ0) is 29.4. The molecule has 0 spiro atoms. The molecule has 0 saturated heterocycles. The van der Waals surface area contributed by atoms with Gasteiger partial charge in [0.15, 0.2) is 5.78 Å². The first kappa shape index (κ1) is 30.6. The highest BCUT2D eigenvalue weighted by Crippen LogP contribution is 2.39. The Morgan fingerprint density at radius 3 is 2.12 bits per heavy atom. The average Bonchev–Trinajstić information content (AvgIpc) is 3.29. The molecule has 0 fully saturated rings. The predicted molar refractivity (Wildman–Crippen MR) is 149 cm³/mol. The van der Waals surface area contributed by atoms with Crippen LogP contribution in [0.15, 0.2) is 59.5 Å². The number of rotatable bonds is 8. The van der Waals surface area contributed by atoms with Crippen LogP contribution in [0.1, 0.15) is 57.7 Å². The van der Waals surface area contributed by atoms with E-state index in [4.69, 9.17) is 24.9 Å².